The lowest BCUT2D eigenvalue weighted by Gasteiger charge is -2.29. The molecule has 3 heterocycles. The average molecular weight is 469 g/mol. The molecule has 1 fully saturated rings. The van der Waals surface area contributed by atoms with Gasteiger partial charge >= 0.3 is 0 Å². The highest BCUT2D eigenvalue weighted by atomic mass is 16.5. The average Bonchev–Trinajstić information content (AvgIpc) is 3.32. The van der Waals surface area contributed by atoms with E-state index >= 15 is 0 Å². The van der Waals surface area contributed by atoms with Crippen LogP contribution < -0.4 is 20.3 Å². The van der Waals surface area contributed by atoms with Crippen molar-refractivity contribution in [2.75, 3.05) is 29.9 Å². The van der Waals surface area contributed by atoms with Crippen LogP contribution in [0.1, 0.15) is 58.1 Å². The molecule has 9 nitrogen and oxygen atoms in total. The Hall–Kier alpha value is -4.14. The first-order valence-electron chi connectivity index (χ1n) is 15.0. The van der Waals surface area contributed by atoms with Crippen LogP contribution in [0, 0.1) is 0 Å². The minimum atomic E-state index is -2.69. The number of rotatable bonds is 5. The van der Waals surface area contributed by atoms with Crippen LogP contribution in [-0.4, -0.2) is 47.6 Å². The summed E-state index contributed by atoms with van der Waals surface area (Å²) in [6.07, 6.45) is -2.00. The number of carbonyl (C=O) groups is 3. The normalized spacial score (nSPS) is 21.6. The smallest absolute Gasteiger partial charge is 0.277 e. The molecule has 0 saturated carbocycles. The molecule has 2 aromatic carbocycles. The molecule has 0 spiro atoms. The Labute approximate surface area is 209 Å². The van der Waals surface area contributed by atoms with Crippen molar-refractivity contribution in [2.24, 2.45) is 5.73 Å². The highest BCUT2D eigenvalue weighted by Crippen LogP contribution is 2.31. The highest BCUT2D eigenvalue weighted by molar-refractivity contribution is 6.09. The van der Waals surface area contributed by atoms with E-state index in [0.29, 0.717) is 0 Å². The number of fused-ring (bicyclic) bond motifs is 1. The van der Waals surface area contributed by atoms with Gasteiger partial charge in [0.2, 0.25) is 5.91 Å². The van der Waals surface area contributed by atoms with Gasteiger partial charge in [0.1, 0.15) is 11.4 Å². The van der Waals surface area contributed by atoms with Crippen molar-refractivity contribution in [3.63, 3.8) is 0 Å². The Balaban J connectivity index is 1.59. The molecule has 9 heteroatoms. The third kappa shape index (κ3) is 3.68. The lowest BCUT2D eigenvalue weighted by atomic mass is 10.0. The van der Waals surface area contributed by atoms with Crippen LogP contribution in [-0.2, 0) is 11.2 Å². The van der Waals surface area contributed by atoms with Gasteiger partial charge in [0, 0.05) is 39.1 Å². The number of hydrogen-bond donors (Lipinski definition) is 1. The molecule has 3 aromatic rings. The number of methoxy groups -OCH3 is 1. The minimum absolute atomic E-state index is 0.00556. The van der Waals surface area contributed by atoms with Crippen molar-refractivity contribution in [3.05, 3.63) is 65.4 Å². The van der Waals surface area contributed by atoms with Crippen molar-refractivity contribution in [3.8, 4) is 11.4 Å². The largest absolute Gasteiger partial charge is 0.497 e. The van der Waals surface area contributed by atoms with Gasteiger partial charge in [-0.2, -0.15) is 5.10 Å². The Morgan fingerprint density at radius 3 is 2.44 bits per heavy atom. The molecule has 2 aliphatic heterocycles. The number of ether oxygens (including phenoxy) is 1. The van der Waals surface area contributed by atoms with E-state index in [9.17, 15) is 14.4 Å². The predicted molar refractivity (Wildman–Crippen MR) is 127 cm³/mol. The van der Waals surface area contributed by atoms with Crippen LogP contribution in [0.15, 0.2) is 48.4 Å². The maximum Gasteiger partial charge on any atom is 0.277 e. The molecule has 1 saturated heterocycles. The summed E-state index contributed by atoms with van der Waals surface area (Å²) in [5.41, 5.74) is 4.94. The highest BCUT2D eigenvalue weighted by Gasteiger charge is 2.34. The fourth-order valence-electron chi connectivity index (χ4n) is 4.03. The number of carbonyl (C=O) groups excluding carboxylic acids is 3. The fraction of sp³-hybridized carbons (Fsp3) is 0.280. The third-order valence-corrected chi connectivity index (χ3v) is 5.67. The number of piperidine rings is 1. The Morgan fingerprint density at radius 1 is 1.06 bits per heavy atom. The Kier molecular flexibility index (Phi) is 3.45. The molecule has 2 N–H and O–H groups in total. The number of benzene rings is 2. The molecule has 1 aromatic heterocycles. The number of amides is 3. The van der Waals surface area contributed by atoms with Crippen LogP contribution in [0.2, 0.25) is 0 Å². The van der Waals surface area contributed by atoms with Gasteiger partial charge in [-0.15, -0.1) is 0 Å². The lowest BCUT2D eigenvalue weighted by Crippen LogP contribution is -2.39. The molecule has 0 aliphatic carbocycles. The van der Waals surface area contributed by atoms with Gasteiger partial charge in [-0.05, 0) is 67.7 Å². The van der Waals surface area contributed by atoms with Gasteiger partial charge in [0.05, 0.1) is 22.3 Å². The van der Waals surface area contributed by atoms with E-state index in [1.807, 2.05) is 0 Å². The first kappa shape index (κ1) is 13.5. The Bertz CT molecular complexity index is 1640. The van der Waals surface area contributed by atoms with Crippen molar-refractivity contribution < 1.29 is 31.5 Å². The summed E-state index contributed by atoms with van der Waals surface area (Å²) in [7, 11) is -2.69. The van der Waals surface area contributed by atoms with Crippen LogP contribution in [0.4, 0.5) is 11.4 Å². The molecule has 2 aliphatic rings. The third-order valence-electron chi connectivity index (χ3n) is 5.67. The van der Waals surface area contributed by atoms with Crippen LogP contribution >= 0.6 is 0 Å². The molecule has 0 unspecified atom stereocenters. The van der Waals surface area contributed by atoms with Gasteiger partial charge in [0.25, 0.3) is 11.8 Å². The van der Waals surface area contributed by atoms with Crippen LogP contribution in [0.5, 0.6) is 5.75 Å². The van der Waals surface area contributed by atoms with Crippen molar-refractivity contribution in [1.29, 1.82) is 0 Å². The first-order chi connectivity index (χ1) is 20.0. The van der Waals surface area contributed by atoms with Crippen LogP contribution in [0.3, 0.4) is 0 Å². The zero-order valence-corrected chi connectivity index (χ0v) is 17.8. The van der Waals surface area contributed by atoms with Gasteiger partial charge in [-0.3, -0.25) is 14.4 Å². The minimum Gasteiger partial charge on any atom is -0.497 e. The number of hydrogen-bond acceptors (Lipinski definition) is 5. The van der Waals surface area contributed by atoms with Crippen LogP contribution in [0.25, 0.3) is 5.69 Å². The molecule has 0 atom stereocenters. The van der Waals surface area contributed by atoms with Gasteiger partial charge in [-0.25, -0.2) is 4.68 Å². The molecule has 174 valence electrons. The summed E-state index contributed by atoms with van der Waals surface area (Å²) < 4.78 is 78.3. The second-order valence-electron chi connectivity index (χ2n) is 7.69. The van der Waals surface area contributed by atoms with Crippen molar-refractivity contribution in [2.45, 2.75) is 25.6 Å². The maximum absolute atomic E-state index is 14.0. The zero-order valence-electron chi connectivity index (χ0n) is 26.8. The number of aromatic nitrogens is 2. The van der Waals surface area contributed by atoms with E-state index in [2.05, 4.69) is 5.10 Å². The first-order valence-corrected chi connectivity index (χ1v) is 10.5. The lowest BCUT2D eigenvalue weighted by molar-refractivity contribution is -0.119. The summed E-state index contributed by atoms with van der Waals surface area (Å²) in [6, 6.07) is 3.02. The summed E-state index contributed by atoms with van der Waals surface area (Å²) in [6.45, 7) is -0.143. The quantitative estimate of drug-likeness (QED) is 0.619. The van der Waals surface area contributed by atoms with E-state index in [1.165, 1.54) is 24.3 Å². The van der Waals surface area contributed by atoms with E-state index < -0.39 is 55.3 Å². The van der Waals surface area contributed by atoms with Gasteiger partial charge < -0.3 is 20.3 Å². The summed E-state index contributed by atoms with van der Waals surface area (Å²) in [5.74, 6) is -2.66. The standard InChI is InChI=1S/C25H25N5O4/c1-34-19-11-9-18(10-12-19)30-23-20(22(27-30)24(26)32)13-15-29(25(23)33)17-7-5-16(6-8-17)28-14-3-2-4-21(28)31/h5-12H,2-4,13-15H2,1H3,(H2,26,32)/i1D3,4D2,5D,6D,7D,8D. The second-order valence-corrected chi connectivity index (χ2v) is 7.69. The molecule has 0 bridgehead atoms. The topological polar surface area (TPSA) is 111 Å². The molecule has 5 rings (SSSR count). The van der Waals surface area contributed by atoms with E-state index in [1.54, 1.807) is 0 Å². The van der Waals surface area contributed by atoms with E-state index in [-0.39, 0.29) is 72.1 Å². The number of anilines is 2. The maximum atomic E-state index is 14.0. The zero-order chi connectivity index (χ0) is 31.6. The Morgan fingerprint density at radius 2 is 1.76 bits per heavy atom. The second kappa shape index (κ2) is 8.66. The molecule has 34 heavy (non-hydrogen) atoms. The molecule has 0 radical (unpaired) electrons. The number of nitrogens with two attached hydrogens (primary N) is 1. The molecule has 3 amide bonds. The number of primary amides is 1. The SMILES string of the molecule is [2H]c1c([2H])c(N2CCCC([2H])([2H])C2=O)c([2H])c([2H])c1N1CCc2c(C(N)=O)nn(-c3ccc(OC([2H])([2H])[2H])cc3)c2C1=O. The summed E-state index contributed by atoms with van der Waals surface area (Å²) in [5, 5.41) is 4.22. The van der Waals surface area contributed by atoms with E-state index in [4.69, 9.17) is 22.8 Å². The fourth-order valence-corrected chi connectivity index (χ4v) is 4.03. The molecular weight excluding hydrogens is 434 g/mol. The molecular formula is C25H25N5O4. The predicted octanol–water partition coefficient (Wildman–Crippen LogP) is 2.70. The van der Waals surface area contributed by atoms with Crippen molar-refractivity contribution in [1.82, 2.24) is 9.78 Å². The number of nitrogens with zero attached hydrogens (tertiary/aromatic N) is 4. The van der Waals surface area contributed by atoms with Gasteiger partial charge in [0.15, 0.2) is 5.69 Å². The van der Waals surface area contributed by atoms with Crippen molar-refractivity contribution >= 4 is 29.1 Å². The van der Waals surface area contributed by atoms with Gasteiger partial charge in [-0.1, -0.05) is 0 Å². The summed E-state index contributed by atoms with van der Waals surface area (Å²) >= 11 is 0. The summed E-state index contributed by atoms with van der Waals surface area (Å²) in [4.78, 5) is 40.9. The monoisotopic (exact) mass is 468 g/mol. The van der Waals surface area contributed by atoms with E-state index in [0.717, 1.165) is 14.5 Å².